The van der Waals surface area contributed by atoms with Gasteiger partial charge in [0.25, 0.3) is 0 Å². The number of hydrogen-bond donors (Lipinski definition) is 0. The van der Waals surface area contributed by atoms with E-state index in [-0.39, 0.29) is 5.56 Å². The normalized spacial score (nSPS) is 11.8. The molecule has 0 aliphatic carbocycles. The van der Waals surface area contributed by atoms with E-state index in [1.54, 1.807) is 12.1 Å². The van der Waals surface area contributed by atoms with Crippen LogP contribution in [0.5, 0.6) is 0 Å². The van der Waals surface area contributed by atoms with E-state index in [1.807, 2.05) is 30.3 Å². The molecule has 0 heterocycles. The fraction of sp³-hybridized carbons (Fsp3) is 0.120. The molecular weight excluding hydrogens is 395 g/mol. The maximum atomic E-state index is 15.0. The molecule has 0 spiro atoms. The molecule has 4 rings (SSSR count). The molecule has 0 aliphatic rings. The fourth-order valence-corrected chi connectivity index (χ4v) is 3.63. The molecule has 0 nitrogen and oxygen atoms in total. The highest BCUT2D eigenvalue weighted by Gasteiger charge is 2.34. The zero-order valence-corrected chi connectivity index (χ0v) is 16.0. The van der Waals surface area contributed by atoms with E-state index >= 15 is 0 Å². The maximum Gasteiger partial charge on any atom is 0.419 e. The summed E-state index contributed by atoms with van der Waals surface area (Å²) in [5, 5.41) is 1.90. The number of fused-ring (bicyclic) bond motifs is 1. The van der Waals surface area contributed by atoms with Crippen molar-refractivity contribution in [3.05, 3.63) is 95.6 Å². The van der Waals surface area contributed by atoms with Crippen LogP contribution in [0.1, 0.15) is 18.1 Å². The van der Waals surface area contributed by atoms with Gasteiger partial charge in [-0.05, 0) is 57.6 Å². The summed E-state index contributed by atoms with van der Waals surface area (Å²) in [5.74, 6) is -1.91. The van der Waals surface area contributed by atoms with E-state index < -0.39 is 23.4 Å². The summed E-state index contributed by atoms with van der Waals surface area (Å²) in [7, 11) is 0. The monoisotopic (exact) mass is 412 g/mol. The first-order valence-electron chi connectivity index (χ1n) is 9.46. The smallest absolute Gasteiger partial charge is 0.206 e. The summed E-state index contributed by atoms with van der Waals surface area (Å²) in [5.41, 5.74) is 1.41. The molecule has 0 unspecified atom stereocenters. The van der Waals surface area contributed by atoms with Crippen LogP contribution in [0.2, 0.25) is 0 Å². The predicted molar refractivity (Wildman–Crippen MR) is 109 cm³/mol. The Hall–Kier alpha value is -3.21. The van der Waals surface area contributed by atoms with Crippen molar-refractivity contribution in [2.24, 2.45) is 0 Å². The second-order valence-corrected chi connectivity index (χ2v) is 7.10. The highest BCUT2D eigenvalue weighted by Crippen LogP contribution is 2.36. The Labute approximate surface area is 170 Å². The number of halogens is 5. The highest BCUT2D eigenvalue weighted by molar-refractivity contribution is 5.97. The Morgan fingerprint density at radius 3 is 2.03 bits per heavy atom. The van der Waals surface area contributed by atoms with Gasteiger partial charge in [-0.25, -0.2) is 8.78 Å². The van der Waals surface area contributed by atoms with Crippen molar-refractivity contribution >= 4 is 10.8 Å². The van der Waals surface area contributed by atoms with Crippen LogP contribution >= 0.6 is 0 Å². The Morgan fingerprint density at radius 1 is 0.700 bits per heavy atom. The summed E-state index contributed by atoms with van der Waals surface area (Å²) in [6, 6.07) is 18.6. The minimum Gasteiger partial charge on any atom is -0.206 e. The van der Waals surface area contributed by atoms with Gasteiger partial charge in [0.1, 0.15) is 11.6 Å². The first kappa shape index (κ1) is 20.1. The van der Waals surface area contributed by atoms with Crippen LogP contribution in [-0.4, -0.2) is 0 Å². The lowest BCUT2D eigenvalue weighted by atomic mass is 9.94. The van der Waals surface area contributed by atoms with Gasteiger partial charge in [0.05, 0.1) is 5.56 Å². The average Bonchev–Trinajstić information content (AvgIpc) is 2.72. The van der Waals surface area contributed by atoms with Gasteiger partial charge in [0.2, 0.25) is 0 Å². The highest BCUT2D eigenvalue weighted by atomic mass is 19.4. The lowest BCUT2D eigenvalue weighted by Gasteiger charge is -2.12. The Balaban J connectivity index is 1.76. The van der Waals surface area contributed by atoms with E-state index in [9.17, 15) is 22.0 Å². The predicted octanol–water partition coefficient (Wildman–Crippen LogP) is 8.03. The molecule has 5 heteroatoms. The molecule has 30 heavy (non-hydrogen) atoms. The molecule has 0 aromatic heterocycles. The second kappa shape index (κ2) is 7.56. The number of benzene rings is 4. The Bertz CT molecular complexity index is 1240. The fourth-order valence-electron chi connectivity index (χ4n) is 3.63. The van der Waals surface area contributed by atoms with E-state index in [2.05, 4.69) is 13.0 Å². The molecule has 0 saturated heterocycles. The Kier molecular flexibility index (Phi) is 5.06. The van der Waals surface area contributed by atoms with Gasteiger partial charge in [-0.1, -0.05) is 61.5 Å². The third kappa shape index (κ3) is 3.67. The van der Waals surface area contributed by atoms with E-state index in [0.717, 1.165) is 34.9 Å². The summed E-state index contributed by atoms with van der Waals surface area (Å²) in [6.45, 7) is 2.06. The van der Waals surface area contributed by atoms with Gasteiger partial charge in [0.15, 0.2) is 0 Å². The van der Waals surface area contributed by atoms with Gasteiger partial charge >= 0.3 is 6.18 Å². The molecule has 0 bridgehead atoms. The molecule has 0 saturated carbocycles. The van der Waals surface area contributed by atoms with E-state index in [4.69, 9.17) is 0 Å². The zero-order chi connectivity index (χ0) is 21.5. The molecule has 0 aliphatic heterocycles. The van der Waals surface area contributed by atoms with Crippen LogP contribution in [-0.2, 0) is 12.6 Å². The standard InChI is InChI=1S/C25H17F5/c1-2-15-6-9-19-18(12-15)4-3-5-20(19)21-10-7-16(13-23(21)26)17-8-11-22(24(27)14-17)25(28,29)30/h3-14H,2H2,1H3. The number of alkyl halides is 3. The molecule has 4 aromatic rings. The average molecular weight is 412 g/mol. The van der Waals surface area contributed by atoms with Crippen molar-refractivity contribution in [3.63, 3.8) is 0 Å². The molecule has 0 fully saturated rings. The van der Waals surface area contributed by atoms with Gasteiger partial charge in [-0.15, -0.1) is 0 Å². The summed E-state index contributed by atoms with van der Waals surface area (Å²) < 4.78 is 67.2. The third-order valence-corrected chi connectivity index (χ3v) is 5.22. The molecular formula is C25H17F5. The van der Waals surface area contributed by atoms with E-state index in [1.165, 1.54) is 11.6 Å². The number of hydrogen-bond acceptors (Lipinski definition) is 0. The minimum absolute atomic E-state index is 0.177. The van der Waals surface area contributed by atoms with Crippen LogP contribution in [0.3, 0.4) is 0 Å². The van der Waals surface area contributed by atoms with Crippen LogP contribution in [0.15, 0.2) is 72.8 Å². The number of aryl methyl sites for hydroxylation is 1. The van der Waals surface area contributed by atoms with Gasteiger partial charge in [0, 0.05) is 5.56 Å². The van der Waals surface area contributed by atoms with Crippen molar-refractivity contribution in [1.82, 2.24) is 0 Å². The van der Waals surface area contributed by atoms with Crippen LogP contribution in [0, 0.1) is 11.6 Å². The third-order valence-electron chi connectivity index (χ3n) is 5.22. The van der Waals surface area contributed by atoms with Crippen LogP contribution < -0.4 is 0 Å². The maximum absolute atomic E-state index is 15.0. The Morgan fingerprint density at radius 2 is 1.40 bits per heavy atom. The van der Waals surface area contributed by atoms with Crippen molar-refractivity contribution in [2.75, 3.05) is 0 Å². The van der Waals surface area contributed by atoms with Crippen LogP contribution in [0.25, 0.3) is 33.0 Å². The van der Waals surface area contributed by atoms with E-state index in [0.29, 0.717) is 17.2 Å². The minimum atomic E-state index is -4.77. The molecule has 0 radical (unpaired) electrons. The molecule has 0 N–H and O–H groups in total. The lowest BCUT2D eigenvalue weighted by Crippen LogP contribution is -2.07. The molecule has 0 atom stereocenters. The summed E-state index contributed by atoms with van der Waals surface area (Å²) in [4.78, 5) is 0. The number of rotatable bonds is 3. The topological polar surface area (TPSA) is 0 Å². The van der Waals surface area contributed by atoms with Gasteiger partial charge < -0.3 is 0 Å². The lowest BCUT2D eigenvalue weighted by molar-refractivity contribution is -0.139. The molecule has 4 aromatic carbocycles. The quantitative estimate of drug-likeness (QED) is 0.299. The summed E-state index contributed by atoms with van der Waals surface area (Å²) >= 11 is 0. The second-order valence-electron chi connectivity index (χ2n) is 7.10. The zero-order valence-electron chi connectivity index (χ0n) is 16.0. The van der Waals surface area contributed by atoms with Gasteiger partial charge in [-0.3, -0.25) is 0 Å². The van der Waals surface area contributed by atoms with Crippen molar-refractivity contribution < 1.29 is 22.0 Å². The molecule has 0 amide bonds. The van der Waals surface area contributed by atoms with Gasteiger partial charge in [-0.2, -0.15) is 13.2 Å². The largest absolute Gasteiger partial charge is 0.419 e. The van der Waals surface area contributed by atoms with Crippen molar-refractivity contribution in [3.8, 4) is 22.3 Å². The first-order chi connectivity index (χ1) is 14.3. The van der Waals surface area contributed by atoms with Crippen LogP contribution in [0.4, 0.5) is 22.0 Å². The molecule has 152 valence electrons. The SMILES string of the molecule is CCc1ccc2c(-c3ccc(-c4ccc(C(F)(F)F)c(F)c4)cc3F)cccc2c1. The van der Waals surface area contributed by atoms with Crippen molar-refractivity contribution in [1.29, 1.82) is 0 Å². The first-order valence-corrected chi connectivity index (χ1v) is 9.46. The van der Waals surface area contributed by atoms with Crippen molar-refractivity contribution in [2.45, 2.75) is 19.5 Å². The summed E-state index contributed by atoms with van der Waals surface area (Å²) in [6.07, 6.45) is -3.88.